The predicted octanol–water partition coefficient (Wildman–Crippen LogP) is 7.06. The summed E-state index contributed by atoms with van der Waals surface area (Å²) in [6, 6.07) is 16.8. The number of anilines is 1. The normalized spacial score (nSPS) is 11.9. The molecule has 0 spiro atoms. The molecule has 0 aliphatic rings. The van der Waals surface area contributed by atoms with E-state index in [1.165, 1.54) is 13.0 Å². The summed E-state index contributed by atoms with van der Waals surface area (Å²) in [5.74, 6) is -0.281. The zero-order valence-corrected chi connectivity index (χ0v) is 23.0. The Morgan fingerprint density at radius 1 is 0.789 bits per heavy atom. The van der Waals surface area contributed by atoms with Gasteiger partial charge in [0, 0.05) is 29.3 Å². The summed E-state index contributed by atoms with van der Waals surface area (Å²) in [5.41, 5.74) is 3.04. The number of ketones is 1. The Morgan fingerprint density at radius 3 is 1.79 bits per heavy atom. The number of rotatable bonds is 6. The Morgan fingerprint density at radius 2 is 1.32 bits per heavy atom. The fourth-order valence-electron chi connectivity index (χ4n) is 3.89. The number of carbonyl (C=O) groups excluding carboxylic acids is 3. The van der Waals surface area contributed by atoms with Crippen molar-refractivity contribution in [3.05, 3.63) is 94.6 Å². The van der Waals surface area contributed by atoms with E-state index in [1.54, 1.807) is 66.7 Å². The molecule has 0 fully saturated rings. The Kier molecular flexibility index (Phi) is 8.25. The van der Waals surface area contributed by atoms with E-state index in [9.17, 15) is 19.5 Å². The third-order valence-electron chi connectivity index (χ3n) is 5.97. The van der Waals surface area contributed by atoms with E-state index in [1.807, 2.05) is 41.5 Å². The van der Waals surface area contributed by atoms with Crippen LogP contribution in [-0.2, 0) is 15.6 Å². The van der Waals surface area contributed by atoms with Crippen molar-refractivity contribution in [1.82, 2.24) is 0 Å². The predicted molar refractivity (Wildman–Crippen MR) is 151 cm³/mol. The van der Waals surface area contributed by atoms with E-state index >= 15 is 0 Å². The van der Waals surface area contributed by atoms with Gasteiger partial charge in [0.1, 0.15) is 11.5 Å². The van der Waals surface area contributed by atoms with Crippen LogP contribution in [0.15, 0.2) is 66.7 Å². The molecule has 3 aromatic carbocycles. The molecule has 0 saturated carbocycles. The summed E-state index contributed by atoms with van der Waals surface area (Å²) in [6.07, 6.45) is 3.19. The molecule has 0 bridgehead atoms. The van der Waals surface area contributed by atoms with Gasteiger partial charge in [0.25, 0.3) is 0 Å². The minimum absolute atomic E-state index is 0.174. The van der Waals surface area contributed by atoms with Crippen molar-refractivity contribution < 1.29 is 24.2 Å². The van der Waals surface area contributed by atoms with Crippen LogP contribution in [0.5, 0.6) is 11.5 Å². The SMILES string of the molecule is CC(=O)Nc1ccc(OC(=O)c2ccc(C=CC(=O)c3cc(C(C)(C)C)c(O)c(C(C)(C)C)c3)cc2)cc1. The second kappa shape index (κ2) is 11.1. The van der Waals surface area contributed by atoms with Gasteiger partial charge in [-0.15, -0.1) is 0 Å². The van der Waals surface area contributed by atoms with Crippen LogP contribution in [0.4, 0.5) is 5.69 Å². The Labute approximate surface area is 224 Å². The molecule has 0 heterocycles. The molecule has 0 aromatic heterocycles. The lowest BCUT2D eigenvalue weighted by Crippen LogP contribution is -2.18. The van der Waals surface area contributed by atoms with Gasteiger partial charge in [0.2, 0.25) is 5.91 Å². The fraction of sp³-hybridized carbons (Fsp3) is 0.281. The van der Waals surface area contributed by atoms with Gasteiger partial charge in [-0.2, -0.15) is 0 Å². The second-order valence-electron chi connectivity index (χ2n) is 11.3. The molecule has 6 heteroatoms. The van der Waals surface area contributed by atoms with Gasteiger partial charge in [-0.3, -0.25) is 9.59 Å². The van der Waals surface area contributed by atoms with E-state index in [4.69, 9.17) is 4.74 Å². The highest BCUT2D eigenvalue weighted by Crippen LogP contribution is 2.40. The van der Waals surface area contributed by atoms with Gasteiger partial charge in [0.15, 0.2) is 5.78 Å². The van der Waals surface area contributed by atoms with Crippen LogP contribution in [0.2, 0.25) is 0 Å². The van der Waals surface area contributed by atoms with Crippen LogP contribution >= 0.6 is 0 Å². The lowest BCUT2D eigenvalue weighted by Gasteiger charge is -2.27. The Balaban J connectivity index is 1.74. The quantitative estimate of drug-likeness (QED) is 0.159. The molecule has 3 rings (SSSR count). The van der Waals surface area contributed by atoms with Crippen LogP contribution in [0, 0.1) is 0 Å². The molecule has 6 nitrogen and oxygen atoms in total. The van der Waals surface area contributed by atoms with Crippen LogP contribution in [-0.4, -0.2) is 22.8 Å². The van der Waals surface area contributed by atoms with Gasteiger partial charge in [-0.25, -0.2) is 4.79 Å². The number of esters is 1. The first-order valence-electron chi connectivity index (χ1n) is 12.5. The zero-order valence-electron chi connectivity index (χ0n) is 23.0. The summed E-state index contributed by atoms with van der Waals surface area (Å²) < 4.78 is 5.40. The van der Waals surface area contributed by atoms with Crippen molar-refractivity contribution in [2.24, 2.45) is 0 Å². The van der Waals surface area contributed by atoms with Crippen LogP contribution in [0.25, 0.3) is 6.08 Å². The Hall–Kier alpha value is -4.19. The molecule has 0 aliphatic heterocycles. The maximum atomic E-state index is 13.1. The molecule has 0 atom stereocenters. The second-order valence-corrected chi connectivity index (χ2v) is 11.3. The van der Waals surface area contributed by atoms with Crippen molar-refractivity contribution in [3.63, 3.8) is 0 Å². The smallest absolute Gasteiger partial charge is 0.343 e. The van der Waals surface area contributed by atoms with Crippen LogP contribution in [0.3, 0.4) is 0 Å². The molecule has 198 valence electrons. The number of allylic oxidation sites excluding steroid dienone is 1. The number of aromatic hydroxyl groups is 1. The molecule has 0 aliphatic carbocycles. The molecule has 0 saturated heterocycles. The first kappa shape index (κ1) is 28.4. The van der Waals surface area contributed by atoms with E-state index in [2.05, 4.69) is 5.32 Å². The minimum atomic E-state index is -0.516. The number of ether oxygens (including phenoxy) is 1. The first-order valence-corrected chi connectivity index (χ1v) is 12.5. The van der Waals surface area contributed by atoms with Crippen LogP contribution < -0.4 is 10.1 Å². The summed E-state index contributed by atoms with van der Waals surface area (Å²) in [6.45, 7) is 13.5. The molecule has 1 amide bonds. The van der Waals surface area contributed by atoms with E-state index in [0.717, 1.165) is 16.7 Å². The number of nitrogens with one attached hydrogen (secondary N) is 1. The zero-order chi connectivity index (χ0) is 28.3. The number of amides is 1. The molecular weight excluding hydrogens is 478 g/mol. The molecule has 3 aromatic rings. The largest absolute Gasteiger partial charge is 0.507 e. The molecule has 2 N–H and O–H groups in total. The third kappa shape index (κ3) is 7.19. The summed E-state index contributed by atoms with van der Waals surface area (Å²) in [5, 5.41) is 13.6. The summed E-state index contributed by atoms with van der Waals surface area (Å²) in [7, 11) is 0. The monoisotopic (exact) mass is 513 g/mol. The van der Waals surface area contributed by atoms with Crippen molar-refractivity contribution in [3.8, 4) is 11.5 Å². The van der Waals surface area contributed by atoms with E-state index in [-0.39, 0.29) is 28.3 Å². The van der Waals surface area contributed by atoms with Gasteiger partial charge < -0.3 is 15.2 Å². The highest BCUT2D eigenvalue weighted by Gasteiger charge is 2.27. The summed E-state index contributed by atoms with van der Waals surface area (Å²) in [4.78, 5) is 36.7. The lowest BCUT2D eigenvalue weighted by atomic mass is 9.78. The number of carbonyl (C=O) groups is 3. The minimum Gasteiger partial charge on any atom is -0.507 e. The van der Waals surface area contributed by atoms with Gasteiger partial charge in [-0.05, 0) is 71.0 Å². The maximum absolute atomic E-state index is 13.1. The number of hydrogen-bond acceptors (Lipinski definition) is 5. The molecule has 38 heavy (non-hydrogen) atoms. The average molecular weight is 514 g/mol. The summed E-state index contributed by atoms with van der Waals surface area (Å²) >= 11 is 0. The van der Waals surface area contributed by atoms with Crippen molar-refractivity contribution in [1.29, 1.82) is 0 Å². The topological polar surface area (TPSA) is 92.7 Å². The van der Waals surface area contributed by atoms with Gasteiger partial charge >= 0.3 is 5.97 Å². The molecule has 0 unspecified atom stereocenters. The molecular formula is C32H35NO5. The Bertz CT molecular complexity index is 1330. The fourth-order valence-corrected chi connectivity index (χ4v) is 3.89. The van der Waals surface area contributed by atoms with Crippen molar-refractivity contribution >= 4 is 29.4 Å². The van der Waals surface area contributed by atoms with E-state index in [0.29, 0.717) is 22.6 Å². The van der Waals surface area contributed by atoms with Gasteiger partial charge in [-0.1, -0.05) is 59.8 Å². The third-order valence-corrected chi connectivity index (χ3v) is 5.97. The van der Waals surface area contributed by atoms with Crippen LogP contribution in [0.1, 0.15) is 85.9 Å². The maximum Gasteiger partial charge on any atom is 0.343 e. The molecule has 0 radical (unpaired) electrons. The number of benzene rings is 3. The highest BCUT2D eigenvalue weighted by atomic mass is 16.5. The van der Waals surface area contributed by atoms with Crippen molar-refractivity contribution in [2.75, 3.05) is 5.32 Å². The lowest BCUT2D eigenvalue weighted by molar-refractivity contribution is -0.114. The average Bonchev–Trinajstić information content (AvgIpc) is 2.82. The standard InChI is InChI=1S/C32H35NO5/c1-20(34)33-24-13-15-25(16-14-24)38-30(37)22-11-8-21(9-12-22)10-17-28(35)23-18-26(31(2,3)4)29(36)27(19-23)32(5,6)7/h8-19,36H,1-7H3,(H,33,34). The van der Waals surface area contributed by atoms with Gasteiger partial charge in [0.05, 0.1) is 5.56 Å². The number of phenolic OH excluding ortho intramolecular Hbond substituents is 1. The highest BCUT2D eigenvalue weighted by molar-refractivity contribution is 6.07. The van der Waals surface area contributed by atoms with Crippen molar-refractivity contribution in [2.45, 2.75) is 59.3 Å². The van der Waals surface area contributed by atoms with E-state index < -0.39 is 5.97 Å². The first-order chi connectivity index (χ1) is 17.6. The number of hydrogen-bond donors (Lipinski definition) is 2. The number of phenols is 1.